The second-order valence-electron chi connectivity index (χ2n) is 5.00. The molecule has 1 aromatic rings. The van der Waals surface area contributed by atoms with Gasteiger partial charge in [0, 0.05) is 12.1 Å². The number of benzene rings is 1. The summed E-state index contributed by atoms with van der Waals surface area (Å²) in [6.45, 7) is 2.71. The molecule has 1 aromatic carbocycles. The third kappa shape index (κ3) is 3.59. The Kier molecular flexibility index (Phi) is 4.46. The molecule has 4 heteroatoms. The van der Waals surface area contributed by atoms with Crippen molar-refractivity contribution in [2.75, 3.05) is 6.61 Å². The van der Waals surface area contributed by atoms with Gasteiger partial charge >= 0.3 is 0 Å². The summed E-state index contributed by atoms with van der Waals surface area (Å²) in [6, 6.07) is 3.03. The Morgan fingerprint density at radius 3 is 2.83 bits per heavy atom. The number of halogens is 2. The quantitative estimate of drug-likeness (QED) is 0.859. The van der Waals surface area contributed by atoms with Crippen LogP contribution in [0.4, 0.5) is 4.39 Å². The van der Waals surface area contributed by atoms with Crippen LogP contribution in [0.5, 0.6) is 5.75 Å². The van der Waals surface area contributed by atoms with Crippen LogP contribution >= 0.6 is 11.6 Å². The van der Waals surface area contributed by atoms with Crippen LogP contribution in [0.15, 0.2) is 12.1 Å². The lowest BCUT2D eigenvalue weighted by molar-refractivity contribution is 0.295. The molecule has 1 aliphatic carbocycles. The van der Waals surface area contributed by atoms with E-state index >= 15 is 0 Å². The van der Waals surface area contributed by atoms with Crippen LogP contribution in [0.25, 0.3) is 0 Å². The first-order chi connectivity index (χ1) is 8.60. The maximum atomic E-state index is 13.5. The van der Waals surface area contributed by atoms with Crippen LogP contribution in [0.1, 0.15) is 31.7 Å². The van der Waals surface area contributed by atoms with E-state index < -0.39 is 5.82 Å². The van der Waals surface area contributed by atoms with Gasteiger partial charge in [-0.05, 0) is 43.2 Å². The molecule has 1 saturated carbocycles. The molecule has 0 bridgehead atoms. The zero-order chi connectivity index (χ0) is 13.1. The molecule has 1 aliphatic rings. The van der Waals surface area contributed by atoms with Gasteiger partial charge < -0.3 is 10.5 Å². The van der Waals surface area contributed by atoms with Crippen LogP contribution in [-0.2, 0) is 6.42 Å². The fraction of sp³-hybridized carbons (Fsp3) is 0.571. The number of rotatable bonds is 6. The molecule has 1 unspecified atom stereocenters. The zero-order valence-electron chi connectivity index (χ0n) is 10.6. The van der Waals surface area contributed by atoms with E-state index in [0.29, 0.717) is 24.7 Å². The molecule has 18 heavy (non-hydrogen) atoms. The lowest BCUT2D eigenvalue weighted by Crippen LogP contribution is -2.22. The SMILES string of the molecule is CCC(N)Cc1cc(F)c(Cl)cc1OCC1CC1. The molecule has 0 aliphatic heterocycles. The highest BCUT2D eigenvalue weighted by Crippen LogP contribution is 2.32. The van der Waals surface area contributed by atoms with E-state index in [-0.39, 0.29) is 11.1 Å². The lowest BCUT2D eigenvalue weighted by Gasteiger charge is -2.15. The summed E-state index contributed by atoms with van der Waals surface area (Å²) in [6.07, 6.45) is 3.91. The highest BCUT2D eigenvalue weighted by Gasteiger charge is 2.23. The molecule has 0 heterocycles. The Morgan fingerprint density at radius 1 is 1.50 bits per heavy atom. The summed E-state index contributed by atoms with van der Waals surface area (Å²) in [4.78, 5) is 0. The van der Waals surface area contributed by atoms with Gasteiger partial charge in [0.05, 0.1) is 11.6 Å². The molecule has 1 fully saturated rings. The smallest absolute Gasteiger partial charge is 0.142 e. The van der Waals surface area contributed by atoms with Crippen molar-refractivity contribution in [1.29, 1.82) is 0 Å². The molecule has 1 atom stereocenters. The first-order valence-corrected chi connectivity index (χ1v) is 6.84. The zero-order valence-corrected chi connectivity index (χ0v) is 11.3. The van der Waals surface area contributed by atoms with E-state index in [0.717, 1.165) is 12.0 Å². The van der Waals surface area contributed by atoms with E-state index in [1.807, 2.05) is 6.92 Å². The van der Waals surface area contributed by atoms with Gasteiger partial charge in [0.2, 0.25) is 0 Å². The Balaban J connectivity index is 2.14. The topological polar surface area (TPSA) is 35.2 Å². The molecular weight excluding hydrogens is 253 g/mol. The highest BCUT2D eigenvalue weighted by atomic mass is 35.5. The van der Waals surface area contributed by atoms with Crippen LogP contribution in [-0.4, -0.2) is 12.6 Å². The largest absolute Gasteiger partial charge is 0.493 e. The average Bonchev–Trinajstić information content (AvgIpc) is 3.15. The second-order valence-corrected chi connectivity index (χ2v) is 5.41. The summed E-state index contributed by atoms with van der Waals surface area (Å²) in [5, 5.41) is 0.106. The van der Waals surface area contributed by atoms with Crippen LogP contribution in [0.3, 0.4) is 0 Å². The van der Waals surface area contributed by atoms with Gasteiger partial charge in [0.1, 0.15) is 11.6 Å². The third-order valence-electron chi connectivity index (χ3n) is 3.28. The normalized spacial score (nSPS) is 16.7. The van der Waals surface area contributed by atoms with Gasteiger partial charge in [0.15, 0.2) is 0 Å². The second kappa shape index (κ2) is 5.89. The molecule has 0 saturated heterocycles. The van der Waals surface area contributed by atoms with E-state index in [1.165, 1.54) is 18.9 Å². The van der Waals surface area contributed by atoms with Crippen molar-refractivity contribution < 1.29 is 9.13 Å². The van der Waals surface area contributed by atoms with Crippen LogP contribution in [0.2, 0.25) is 5.02 Å². The number of ether oxygens (including phenoxy) is 1. The molecule has 100 valence electrons. The van der Waals surface area contributed by atoms with Crippen LogP contribution < -0.4 is 10.5 Å². The predicted molar refractivity (Wildman–Crippen MR) is 71.6 cm³/mol. The molecule has 2 N–H and O–H groups in total. The monoisotopic (exact) mass is 271 g/mol. The Hall–Kier alpha value is -0.800. The van der Waals surface area contributed by atoms with Gasteiger partial charge in [-0.25, -0.2) is 4.39 Å². The van der Waals surface area contributed by atoms with E-state index in [2.05, 4.69) is 0 Å². The summed E-state index contributed by atoms with van der Waals surface area (Å²) in [7, 11) is 0. The van der Waals surface area contributed by atoms with Crippen molar-refractivity contribution in [3.8, 4) is 5.75 Å². The maximum absolute atomic E-state index is 13.5. The molecule has 0 spiro atoms. The number of hydrogen-bond donors (Lipinski definition) is 1. The third-order valence-corrected chi connectivity index (χ3v) is 3.57. The van der Waals surface area contributed by atoms with E-state index in [4.69, 9.17) is 22.1 Å². The Bertz CT molecular complexity index is 421. The minimum Gasteiger partial charge on any atom is -0.493 e. The summed E-state index contributed by atoms with van der Waals surface area (Å²) in [5.74, 6) is 0.924. The average molecular weight is 272 g/mol. The van der Waals surface area contributed by atoms with Gasteiger partial charge in [-0.15, -0.1) is 0 Å². The summed E-state index contributed by atoms with van der Waals surface area (Å²) in [5.41, 5.74) is 6.73. The van der Waals surface area contributed by atoms with E-state index in [9.17, 15) is 4.39 Å². The summed E-state index contributed by atoms with van der Waals surface area (Å²) < 4.78 is 19.2. The van der Waals surface area contributed by atoms with Crippen molar-refractivity contribution in [3.05, 3.63) is 28.5 Å². The maximum Gasteiger partial charge on any atom is 0.142 e. The first-order valence-electron chi connectivity index (χ1n) is 6.46. The molecule has 2 rings (SSSR count). The molecule has 0 aromatic heterocycles. The number of nitrogens with two attached hydrogens (primary N) is 1. The van der Waals surface area contributed by atoms with Crippen molar-refractivity contribution in [1.82, 2.24) is 0 Å². The van der Waals surface area contributed by atoms with Gasteiger partial charge in [-0.3, -0.25) is 0 Å². The Labute approximate surface area is 112 Å². The van der Waals surface area contributed by atoms with Crippen molar-refractivity contribution in [2.24, 2.45) is 11.7 Å². The van der Waals surface area contributed by atoms with Crippen molar-refractivity contribution in [2.45, 2.75) is 38.6 Å². The van der Waals surface area contributed by atoms with Crippen molar-refractivity contribution >= 4 is 11.6 Å². The molecular formula is C14H19ClFNO. The van der Waals surface area contributed by atoms with Gasteiger partial charge in [-0.1, -0.05) is 18.5 Å². The Morgan fingerprint density at radius 2 is 2.22 bits per heavy atom. The van der Waals surface area contributed by atoms with Crippen LogP contribution in [0, 0.1) is 11.7 Å². The van der Waals surface area contributed by atoms with Gasteiger partial charge in [0.25, 0.3) is 0 Å². The fourth-order valence-electron chi connectivity index (χ4n) is 1.78. The predicted octanol–water partition coefficient (Wildman–Crippen LogP) is 3.55. The lowest BCUT2D eigenvalue weighted by atomic mass is 10.0. The summed E-state index contributed by atoms with van der Waals surface area (Å²) >= 11 is 5.80. The standard InChI is InChI=1S/C14H19ClFNO/c1-2-11(17)5-10-6-13(16)12(15)7-14(10)18-8-9-3-4-9/h6-7,9,11H,2-5,8,17H2,1H3. The van der Waals surface area contributed by atoms with E-state index in [1.54, 1.807) is 6.07 Å². The molecule has 0 amide bonds. The minimum absolute atomic E-state index is 0.0221. The fourth-order valence-corrected chi connectivity index (χ4v) is 1.94. The van der Waals surface area contributed by atoms with Crippen molar-refractivity contribution in [3.63, 3.8) is 0 Å². The minimum atomic E-state index is -0.409. The molecule has 0 radical (unpaired) electrons. The number of hydrogen-bond acceptors (Lipinski definition) is 2. The van der Waals surface area contributed by atoms with Gasteiger partial charge in [-0.2, -0.15) is 0 Å². The molecule has 2 nitrogen and oxygen atoms in total. The highest BCUT2D eigenvalue weighted by molar-refractivity contribution is 6.30. The first kappa shape index (κ1) is 13.6.